The molecule has 0 bridgehead atoms. The number of hydrogen-bond donors (Lipinski definition) is 1. The number of pyridine rings is 2. The lowest BCUT2D eigenvalue weighted by molar-refractivity contribution is 0.107. The summed E-state index contributed by atoms with van der Waals surface area (Å²) in [7, 11) is 0. The zero-order valence-electron chi connectivity index (χ0n) is 19.7. The highest BCUT2D eigenvalue weighted by molar-refractivity contribution is 5.76. The summed E-state index contributed by atoms with van der Waals surface area (Å²) in [5, 5.41) is 28.6. The first-order chi connectivity index (χ1) is 17.0. The van der Waals surface area contributed by atoms with Gasteiger partial charge < -0.3 is 9.84 Å². The number of hydrogen-bond acceptors (Lipinski definition) is 6. The summed E-state index contributed by atoms with van der Waals surface area (Å²) in [6.07, 6.45) is 9.73. The smallest absolute Gasteiger partial charge is 0.148 e. The number of nitriles is 1. The van der Waals surface area contributed by atoms with Gasteiger partial charge in [0.25, 0.3) is 0 Å². The van der Waals surface area contributed by atoms with Gasteiger partial charge in [0, 0.05) is 23.0 Å². The number of aliphatic hydroxyl groups excluding tert-OH is 1. The van der Waals surface area contributed by atoms with E-state index in [9.17, 15) is 14.8 Å². The molecule has 4 aromatic rings. The minimum absolute atomic E-state index is 0.222. The molecule has 1 aliphatic rings. The van der Waals surface area contributed by atoms with Crippen molar-refractivity contribution in [3.8, 4) is 22.9 Å². The van der Waals surface area contributed by atoms with Crippen molar-refractivity contribution in [1.29, 1.82) is 5.26 Å². The lowest BCUT2D eigenvalue weighted by Crippen LogP contribution is -2.22. The van der Waals surface area contributed by atoms with Crippen LogP contribution >= 0.6 is 0 Å². The minimum atomic E-state index is -0.423. The second-order valence-electron chi connectivity index (χ2n) is 9.02. The number of halogens is 1. The molecule has 4 aromatic heterocycles. The van der Waals surface area contributed by atoms with Gasteiger partial charge in [0.2, 0.25) is 0 Å². The Kier molecular flexibility index (Phi) is 6.22. The van der Waals surface area contributed by atoms with Crippen LogP contribution in [0, 0.1) is 24.1 Å². The summed E-state index contributed by atoms with van der Waals surface area (Å²) in [5.74, 6) is 0.0953. The molecule has 1 atom stereocenters. The Morgan fingerprint density at radius 2 is 2.00 bits per heavy atom. The average Bonchev–Trinajstić information content (AvgIpc) is 3.47. The van der Waals surface area contributed by atoms with Crippen LogP contribution in [0.2, 0.25) is 0 Å². The van der Waals surface area contributed by atoms with Crippen molar-refractivity contribution < 1.29 is 14.2 Å². The maximum Gasteiger partial charge on any atom is 0.148 e. The van der Waals surface area contributed by atoms with E-state index in [-0.39, 0.29) is 12.1 Å². The summed E-state index contributed by atoms with van der Waals surface area (Å²) in [6, 6.07) is 7.33. The van der Waals surface area contributed by atoms with Gasteiger partial charge in [-0.15, -0.1) is 0 Å². The number of aromatic nitrogens is 5. The Labute approximate surface area is 202 Å². The average molecular weight is 475 g/mol. The fourth-order valence-electron chi connectivity index (χ4n) is 4.86. The first kappa shape index (κ1) is 23.0. The van der Waals surface area contributed by atoms with Crippen molar-refractivity contribution in [2.75, 3.05) is 0 Å². The van der Waals surface area contributed by atoms with Gasteiger partial charge in [-0.2, -0.15) is 15.5 Å². The van der Waals surface area contributed by atoms with E-state index in [1.54, 1.807) is 10.6 Å². The number of ether oxygens (including phenoxy) is 1. The molecule has 0 aliphatic heterocycles. The van der Waals surface area contributed by atoms with Crippen LogP contribution in [0.3, 0.4) is 0 Å². The second kappa shape index (κ2) is 9.47. The molecule has 1 fully saturated rings. The van der Waals surface area contributed by atoms with Gasteiger partial charge in [-0.05, 0) is 57.2 Å². The van der Waals surface area contributed by atoms with Crippen LogP contribution in [0.4, 0.5) is 4.39 Å². The van der Waals surface area contributed by atoms with Crippen LogP contribution in [0.25, 0.3) is 16.6 Å². The Morgan fingerprint density at radius 1 is 1.20 bits per heavy atom. The third kappa shape index (κ3) is 4.37. The van der Waals surface area contributed by atoms with Crippen LogP contribution in [0.5, 0.6) is 5.75 Å². The molecule has 0 amide bonds. The van der Waals surface area contributed by atoms with Crippen molar-refractivity contribution in [2.45, 2.75) is 64.2 Å². The lowest BCUT2D eigenvalue weighted by atomic mass is 9.93. The number of nitrogens with zero attached hydrogens (tertiary/aromatic N) is 6. The normalized spacial score (nSPS) is 18.9. The van der Waals surface area contributed by atoms with E-state index in [2.05, 4.69) is 21.3 Å². The molecule has 35 heavy (non-hydrogen) atoms. The quantitative estimate of drug-likeness (QED) is 0.426. The molecule has 0 unspecified atom stereocenters. The summed E-state index contributed by atoms with van der Waals surface area (Å²) < 4.78 is 23.5. The maximum atomic E-state index is 13.4. The molecule has 8 nitrogen and oxygen atoms in total. The Balaban J connectivity index is 1.55. The van der Waals surface area contributed by atoms with E-state index in [1.165, 1.54) is 18.5 Å². The molecule has 0 saturated heterocycles. The molecule has 180 valence electrons. The van der Waals surface area contributed by atoms with Crippen molar-refractivity contribution in [3.05, 3.63) is 65.8 Å². The number of rotatable bonds is 6. The maximum absolute atomic E-state index is 13.4. The predicted molar refractivity (Wildman–Crippen MR) is 127 cm³/mol. The molecule has 1 aliphatic carbocycles. The summed E-state index contributed by atoms with van der Waals surface area (Å²) in [5.41, 5.74) is 4.42. The molecule has 0 aromatic carbocycles. The largest absolute Gasteiger partial charge is 0.482 e. The fraction of sp³-hybridized carbons (Fsp3) is 0.385. The second-order valence-corrected chi connectivity index (χ2v) is 9.02. The molecule has 9 heteroatoms. The van der Waals surface area contributed by atoms with Crippen molar-refractivity contribution in [1.82, 2.24) is 24.4 Å². The van der Waals surface area contributed by atoms with Crippen molar-refractivity contribution in [2.24, 2.45) is 0 Å². The van der Waals surface area contributed by atoms with Gasteiger partial charge in [0.05, 0.1) is 36.4 Å². The lowest BCUT2D eigenvalue weighted by Gasteiger charge is -2.26. The van der Waals surface area contributed by atoms with Gasteiger partial charge in [-0.1, -0.05) is 6.92 Å². The van der Waals surface area contributed by atoms with Gasteiger partial charge in [0.15, 0.2) is 0 Å². The van der Waals surface area contributed by atoms with Gasteiger partial charge in [0.1, 0.15) is 34.8 Å². The Hall–Kier alpha value is -3.77. The standard InChI is InChI=1S/C26H27FN6O2/c1-3-24(23-9-4-19(27)13-29-23)35-25-10-17(15-32-26(25)18(11-28)12-30-32)22-14-31-33(16(22)2)20-5-7-21(34)8-6-20/h4,9-10,12-15,20-21,24,34H,3,5-8H2,1-2H3/t20?,21?,24-/m1/s1. The molecular weight excluding hydrogens is 447 g/mol. The van der Waals surface area contributed by atoms with Gasteiger partial charge in [-0.25, -0.2) is 8.91 Å². The summed E-state index contributed by atoms with van der Waals surface area (Å²) in [4.78, 5) is 4.19. The zero-order valence-corrected chi connectivity index (χ0v) is 19.7. The highest BCUT2D eigenvalue weighted by atomic mass is 19.1. The van der Waals surface area contributed by atoms with E-state index in [1.807, 2.05) is 37.0 Å². The van der Waals surface area contributed by atoms with E-state index in [0.29, 0.717) is 28.9 Å². The SMILES string of the molecule is CC[C@@H](Oc1cc(-c2cnn(C3CCC(O)CC3)c2C)cn2ncc(C#N)c12)c1ccc(F)cn1. The van der Waals surface area contributed by atoms with Crippen LogP contribution in [0.1, 0.15) is 68.1 Å². The third-order valence-corrected chi connectivity index (χ3v) is 6.79. The number of fused-ring (bicyclic) bond motifs is 1. The first-order valence-electron chi connectivity index (χ1n) is 11.9. The molecule has 0 spiro atoms. The summed E-state index contributed by atoms with van der Waals surface area (Å²) in [6.45, 7) is 4.01. The molecule has 1 N–H and O–H groups in total. The molecular formula is C26H27FN6O2. The zero-order chi connectivity index (χ0) is 24.5. The van der Waals surface area contributed by atoms with Crippen LogP contribution in [-0.2, 0) is 0 Å². The molecule has 4 heterocycles. The van der Waals surface area contributed by atoms with Crippen LogP contribution in [-0.4, -0.2) is 35.6 Å². The Bertz CT molecular complexity index is 1380. The van der Waals surface area contributed by atoms with E-state index >= 15 is 0 Å². The fourth-order valence-corrected chi connectivity index (χ4v) is 4.86. The van der Waals surface area contributed by atoms with E-state index < -0.39 is 11.9 Å². The van der Waals surface area contributed by atoms with Gasteiger partial charge >= 0.3 is 0 Å². The molecule has 0 radical (unpaired) electrons. The van der Waals surface area contributed by atoms with E-state index in [0.717, 1.165) is 42.5 Å². The molecule has 5 rings (SSSR count). The molecule has 1 saturated carbocycles. The Morgan fingerprint density at radius 3 is 2.69 bits per heavy atom. The minimum Gasteiger partial charge on any atom is -0.482 e. The van der Waals surface area contributed by atoms with Gasteiger partial charge in [-0.3, -0.25) is 9.67 Å². The summed E-state index contributed by atoms with van der Waals surface area (Å²) >= 11 is 0. The van der Waals surface area contributed by atoms with Crippen molar-refractivity contribution in [3.63, 3.8) is 0 Å². The third-order valence-electron chi connectivity index (χ3n) is 6.79. The number of aliphatic hydroxyl groups is 1. The van der Waals surface area contributed by atoms with E-state index in [4.69, 9.17) is 4.74 Å². The van der Waals surface area contributed by atoms with Crippen molar-refractivity contribution >= 4 is 5.52 Å². The topological polar surface area (TPSA) is 101 Å². The predicted octanol–water partition coefficient (Wildman–Crippen LogP) is 4.92. The highest BCUT2D eigenvalue weighted by Gasteiger charge is 2.25. The van der Waals surface area contributed by atoms with Crippen LogP contribution < -0.4 is 4.74 Å². The monoisotopic (exact) mass is 474 g/mol. The first-order valence-corrected chi connectivity index (χ1v) is 11.9. The highest BCUT2D eigenvalue weighted by Crippen LogP contribution is 2.36. The van der Waals surface area contributed by atoms with Crippen LogP contribution in [0.15, 0.2) is 43.0 Å².